The predicted molar refractivity (Wildman–Crippen MR) is 103 cm³/mol. The molecule has 2 aromatic carbocycles. The quantitative estimate of drug-likeness (QED) is 0.591. The van der Waals surface area contributed by atoms with Crippen LogP contribution in [0.15, 0.2) is 48.8 Å². The van der Waals surface area contributed by atoms with Gasteiger partial charge in [-0.1, -0.05) is 17.7 Å². The molecule has 132 valence electrons. The summed E-state index contributed by atoms with van der Waals surface area (Å²) in [4.78, 5) is 19.3. The van der Waals surface area contributed by atoms with Crippen LogP contribution in [0.4, 0.5) is 23.0 Å². The van der Waals surface area contributed by atoms with Gasteiger partial charge in [-0.2, -0.15) is 0 Å². The molecule has 0 atom stereocenters. The number of anilines is 4. The van der Waals surface area contributed by atoms with Crippen LogP contribution in [0.25, 0.3) is 0 Å². The first-order chi connectivity index (χ1) is 12.4. The minimum atomic E-state index is -0.963. The number of aromatic nitrogens is 2. The lowest BCUT2D eigenvalue weighted by atomic mass is 10.1. The van der Waals surface area contributed by atoms with Crippen molar-refractivity contribution in [3.63, 3.8) is 0 Å². The van der Waals surface area contributed by atoms with E-state index in [0.717, 1.165) is 22.5 Å². The molecule has 0 amide bonds. The molecular formula is C19H17ClN4O2. The van der Waals surface area contributed by atoms with Gasteiger partial charge < -0.3 is 15.7 Å². The van der Waals surface area contributed by atoms with Crippen LogP contribution in [0.5, 0.6) is 0 Å². The molecule has 3 rings (SSSR count). The van der Waals surface area contributed by atoms with Crippen molar-refractivity contribution < 1.29 is 9.90 Å². The Morgan fingerprint density at radius 2 is 1.65 bits per heavy atom. The molecule has 0 radical (unpaired) electrons. The summed E-state index contributed by atoms with van der Waals surface area (Å²) in [6.07, 6.45) is 1.44. The summed E-state index contributed by atoms with van der Waals surface area (Å²) in [5.74, 6) is 0.209. The van der Waals surface area contributed by atoms with E-state index in [0.29, 0.717) is 16.7 Å². The van der Waals surface area contributed by atoms with E-state index in [1.165, 1.54) is 18.5 Å². The van der Waals surface area contributed by atoms with Crippen LogP contribution in [0.3, 0.4) is 0 Å². The largest absolute Gasteiger partial charge is 0.478 e. The SMILES string of the molecule is Cc1cc(C)c(Nc2cc(Nc3ccc(C(=O)O)cc3)ncn2)c(Cl)c1. The minimum absolute atomic E-state index is 0.227. The number of halogens is 1. The van der Waals surface area contributed by atoms with Gasteiger partial charge in [0.05, 0.1) is 16.3 Å². The van der Waals surface area contributed by atoms with Crippen molar-refractivity contribution >= 4 is 40.6 Å². The van der Waals surface area contributed by atoms with E-state index in [2.05, 4.69) is 20.6 Å². The molecule has 3 N–H and O–H groups in total. The molecule has 6 nitrogen and oxygen atoms in total. The molecule has 0 aliphatic rings. The first-order valence-electron chi connectivity index (χ1n) is 7.88. The van der Waals surface area contributed by atoms with Gasteiger partial charge in [-0.3, -0.25) is 0 Å². The third-order valence-corrected chi connectivity index (χ3v) is 4.05. The highest BCUT2D eigenvalue weighted by Gasteiger charge is 2.08. The van der Waals surface area contributed by atoms with Crippen LogP contribution in [0.2, 0.25) is 5.02 Å². The highest BCUT2D eigenvalue weighted by Crippen LogP contribution is 2.30. The summed E-state index contributed by atoms with van der Waals surface area (Å²) in [7, 11) is 0. The lowest BCUT2D eigenvalue weighted by Gasteiger charge is -2.13. The van der Waals surface area contributed by atoms with Crippen LogP contribution in [-0.2, 0) is 0 Å². The number of carbonyl (C=O) groups is 1. The maximum Gasteiger partial charge on any atom is 0.335 e. The van der Waals surface area contributed by atoms with E-state index in [4.69, 9.17) is 16.7 Å². The highest BCUT2D eigenvalue weighted by atomic mass is 35.5. The second kappa shape index (κ2) is 7.41. The number of benzene rings is 2. The smallest absolute Gasteiger partial charge is 0.335 e. The summed E-state index contributed by atoms with van der Waals surface area (Å²) in [5.41, 5.74) is 3.86. The first-order valence-corrected chi connectivity index (χ1v) is 8.26. The zero-order valence-corrected chi connectivity index (χ0v) is 15.0. The number of aromatic carboxylic acids is 1. The Labute approximate surface area is 155 Å². The van der Waals surface area contributed by atoms with Gasteiger partial charge in [-0.15, -0.1) is 0 Å². The van der Waals surface area contributed by atoms with Gasteiger partial charge in [0.2, 0.25) is 0 Å². The molecule has 1 aromatic heterocycles. The van der Waals surface area contributed by atoms with Crippen LogP contribution >= 0.6 is 11.6 Å². The van der Waals surface area contributed by atoms with Crippen molar-refractivity contribution in [2.24, 2.45) is 0 Å². The van der Waals surface area contributed by atoms with Crippen molar-refractivity contribution in [2.45, 2.75) is 13.8 Å². The maximum atomic E-state index is 10.9. The number of carboxylic acid groups (broad SMARTS) is 1. The Balaban J connectivity index is 1.79. The molecule has 0 aliphatic carbocycles. The molecule has 26 heavy (non-hydrogen) atoms. The molecule has 0 spiro atoms. The fourth-order valence-corrected chi connectivity index (χ4v) is 2.91. The number of nitrogens with zero attached hydrogens (tertiary/aromatic N) is 2. The molecule has 0 aliphatic heterocycles. The van der Waals surface area contributed by atoms with Crippen LogP contribution in [0.1, 0.15) is 21.5 Å². The Morgan fingerprint density at radius 1 is 1.00 bits per heavy atom. The molecule has 1 heterocycles. The number of carboxylic acids is 1. The average molecular weight is 369 g/mol. The third-order valence-electron chi connectivity index (χ3n) is 3.76. The number of hydrogen-bond donors (Lipinski definition) is 3. The van der Waals surface area contributed by atoms with E-state index in [1.807, 2.05) is 26.0 Å². The molecule has 0 saturated heterocycles. The number of rotatable bonds is 5. The number of aryl methyl sites for hydroxylation is 2. The van der Waals surface area contributed by atoms with Crippen molar-refractivity contribution in [3.8, 4) is 0 Å². The Bertz CT molecular complexity index is 935. The highest BCUT2D eigenvalue weighted by molar-refractivity contribution is 6.33. The van der Waals surface area contributed by atoms with Gasteiger partial charge in [-0.05, 0) is 55.3 Å². The molecule has 0 unspecified atom stereocenters. The second-order valence-corrected chi connectivity index (χ2v) is 6.27. The molecule has 0 saturated carbocycles. The van der Waals surface area contributed by atoms with E-state index < -0.39 is 5.97 Å². The topological polar surface area (TPSA) is 87.1 Å². The lowest BCUT2D eigenvalue weighted by molar-refractivity contribution is 0.0697. The second-order valence-electron chi connectivity index (χ2n) is 5.86. The fourth-order valence-electron chi connectivity index (χ4n) is 2.54. The van der Waals surface area contributed by atoms with Crippen molar-refractivity contribution in [1.29, 1.82) is 0 Å². The molecule has 3 aromatic rings. The Morgan fingerprint density at radius 3 is 2.27 bits per heavy atom. The van der Waals surface area contributed by atoms with E-state index >= 15 is 0 Å². The van der Waals surface area contributed by atoms with Gasteiger partial charge >= 0.3 is 5.97 Å². The zero-order valence-electron chi connectivity index (χ0n) is 14.2. The van der Waals surface area contributed by atoms with Crippen LogP contribution in [0, 0.1) is 13.8 Å². The summed E-state index contributed by atoms with van der Waals surface area (Å²) >= 11 is 6.33. The fraction of sp³-hybridized carbons (Fsp3) is 0.105. The Hall–Kier alpha value is -3.12. The van der Waals surface area contributed by atoms with E-state index in [-0.39, 0.29) is 5.56 Å². The third kappa shape index (κ3) is 4.10. The summed E-state index contributed by atoms with van der Waals surface area (Å²) in [6.45, 7) is 3.97. The standard InChI is InChI=1S/C19H17ClN4O2/c1-11-7-12(2)18(15(20)8-11)24-17-9-16(21-10-22-17)23-14-5-3-13(4-6-14)19(25)26/h3-10H,1-2H3,(H,25,26)(H2,21,22,23,24). The lowest BCUT2D eigenvalue weighted by Crippen LogP contribution is -2.01. The number of nitrogens with one attached hydrogen (secondary N) is 2. The van der Waals surface area contributed by atoms with Crippen LogP contribution in [-0.4, -0.2) is 21.0 Å². The van der Waals surface area contributed by atoms with Crippen LogP contribution < -0.4 is 10.6 Å². The average Bonchev–Trinajstić information content (AvgIpc) is 2.59. The predicted octanol–water partition coefficient (Wildman–Crippen LogP) is 4.93. The van der Waals surface area contributed by atoms with Gasteiger partial charge in [0.15, 0.2) is 0 Å². The summed E-state index contributed by atoms with van der Waals surface area (Å²) < 4.78 is 0. The van der Waals surface area contributed by atoms with E-state index in [9.17, 15) is 4.79 Å². The molecular weight excluding hydrogens is 352 g/mol. The van der Waals surface area contributed by atoms with Gasteiger partial charge in [0.1, 0.15) is 18.0 Å². The van der Waals surface area contributed by atoms with Crippen molar-refractivity contribution in [1.82, 2.24) is 9.97 Å². The summed E-state index contributed by atoms with van der Waals surface area (Å²) in [5, 5.41) is 15.9. The Kier molecular flexibility index (Phi) is 5.04. The monoisotopic (exact) mass is 368 g/mol. The minimum Gasteiger partial charge on any atom is -0.478 e. The molecule has 0 fully saturated rings. The van der Waals surface area contributed by atoms with Crippen molar-refractivity contribution in [2.75, 3.05) is 10.6 Å². The van der Waals surface area contributed by atoms with Crippen molar-refractivity contribution in [3.05, 3.63) is 70.5 Å². The van der Waals surface area contributed by atoms with Gasteiger partial charge in [-0.25, -0.2) is 14.8 Å². The first kappa shape index (κ1) is 17.7. The van der Waals surface area contributed by atoms with E-state index in [1.54, 1.807) is 18.2 Å². The molecule has 0 bridgehead atoms. The summed E-state index contributed by atoms with van der Waals surface area (Å²) in [6, 6.07) is 12.1. The van der Waals surface area contributed by atoms with Gasteiger partial charge in [0.25, 0.3) is 0 Å². The zero-order chi connectivity index (χ0) is 18.7. The molecule has 7 heteroatoms. The normalized spacial score (nSPS) is 10.4. The number of hydrogen-bond acceptors (Lipinski definition) is 5. The van der Waals surface area contributed by atoms with Gasteiger partial charge in [0, 0.05) is 11.8 Å². The maximum absolute atomic E-state index is 10.9.